The van der Waals surface area contributed by atoms with Crippen LogP contribution in [0.15, 0.2) is 41.8 Å². The lowest BCUT2D eigenvalue weighted by Crippen LogP contribution is -2.08. The van der Waals surface area contributed by atoms with Gasteiger partial charge in [0, 0.05) is 26.2 Å². The SMILES string of the molecule is CCCn1c(SCC(=O)Cc2ccc(CC)cc2)nnc1-c1cnn(C)c1. The molecular formula is C20H25N5OS. The summed E-state index contributed by atoms with van der Waals surface area (Å²) >= 11 is 1.46. The van der Waals surface area contributed by atoms with Crippen molar-refractivity contribution in [1.82, 2.24) is 24.5 Å². The van der Waals surface area contributed by atoms with E-state index in [4.69, 9.17) is 0 Å². The second-order valence-electron chi connectivity index (χ2n) is 6.53. The molecule has 0 aliphatic heterocycles. The number of rotatable bonds is 9. The predicted molar refractivity (Wildman–Crippen MR) is 108 cm³/mol. The van der Waals surface area contributed by atoms with E-state index in [2.05, 4.69) is 45.8 Å². The minimum absolute atomic E-state index is 0.193. The average Bonchev–Trinajstić information content (AvgIpc) is 3.27. The monoisotopic (exact) mass is 383 g/mol. The summed E-state index contributed by atoms with van der Waals surface area (Å²) in [5.74, 6) is 1.39. The zero-order valence-electron chi connectivity index (χ0n) is 16.1. The quantitative estimate of drug-likeness (QED) is 0.529. The van der Waals surface area contributed by atoms with Gasteiger partial charge in [-0.2, -0.15) is 5.10 Å². The molecule has 0 unspecified atom stereocenters. The number of carbonyl (C=O) groups excluding carboxylic acids is 1. The van der Waals surface area contributed by atoms with E-state index in [1.165, 1.54) is 17.3 Å². The van der Waals surface area contributed by atoms with Gasteiger partial charge in [0.25, 0.3) is 0 Å². The molecule has 2 heterocycles. The van der Waals surface area contributed by atoms with Gasteiger partial charge in [-0.15, -0.1) is 10.2 Å². The molecule has 0 amide bonds. The average molecular weight is 384 g/mol. The molecule has 3 rings (SSSR count). The Hall–Kier alpha value is -2.41. The van der Waals surface area contributed by atoms with E-state index in [0.717, 1.165) is 41.5 Å². The first-order chi connectivity index (χ1) is 13.1. The van der Waals surface area contributed by atoms with Crippen LogP contribution in [0.25, 0.3) is 11.4 Å². The van der Waals surface area contributed by atoms with Crippen molar-refractivity contribution < 1.29 is 4.79 Å². The van der Waals surface area contributed by atoms with Crippen molar-refractivity contribution in [2.45, 2.75) is 44.8 Å². The van der Waals surface area contributed by atoms with E-state index in [1.54, 1.807) is 10.9 Å². The van der Waals surface area contributed by atoms with Crippen molar-refractivity contribution in [2.75, 3.05) is 5.75 Å². The van der Waals surface area contributed by atoms with Crippen LogP contribution >= 0.6 is 11.8 Å². The normalized spacial score (nSPS) is 11.1. The molecule has 0 saturated carbocycles. The smallest absolute Gasteiger partial charge is 0.191 e. The van der Waals surface area contributed by atoms with Gasteiger partial charge in [0.1, 0.15) is 5.78 Å². The van der Waals surface area contributed by atoms with Gasteiger partial charge in [0.05, 0.1) is 17.5 Å². The molecule has 0 atom stereocenters. The molecule has 0 fully saturated rings. The summed E-state index contributed by atoms with van der Waals surface area (Å²) in [4.78, 5) is 12.4. The third-order valence-electron chi connectivity index (χ3n) is 4.32. The van der Waals surface area contributed by atoms with Gasteiger partial charge in [-0.05, 0) is 24.0 Å². The molecule has 142 valence electrons. The molecule has 7 heteroatoms. The summed E-state index contributed by atoms with van der Waals surface area (Å²) in [6.07, 6.45) is 6.15. The fourth-order valence-corrected chi connectivity index (χ4v) is 3.71. The Morgan fingerprint density at radius 3 is 2.48 bits per heavy atom. The molecule has 0 aliphatic rings. The zero-order chi connectivity index (χ0) is 19.2. The Kier molecular flexibility index (Phi) is 6.45. The molecule has 0 aliphatic carbocycles. The molecule has 1 aromatic carbocycles. The number of Topliss-reactive ketones (excluding diaryl/α,β-unsaturated/α-hetero) is 1. The Morgan fingerprint density at radius 2 is 1.85 bits per heavy atom. The number of nitrogens with zero attached hydrogens (tertiary/aromatic N) is 5. The number of aryl methyl sites for hydroxylation is 2. The number of hydrogen-bond acceptors (Lipinski definition) is 5. The Balaban J connectivity index is 1.66. The lowest BCUT2D eigenvalue weighted by Gasteiger charge is -2.07. The van der Waals surface area contributed by atoms with Crippen molar-refractivity contribution in [3.05, 3.63) is 47.8 Å². The van der Waals surface area contributed by atoms with Crippen molar-refractivity contribution in [3.63, 3.8) is 0 Å². The van der Waals surface area contributed by atoms with Crippen LogP contribution in [-0.4, -0.2) is 36.1 Å². The minimum Gasteiger partial charge on any atom is -0.302 e. The summed E-state index contributed by atoms with van der Waals surface area (Å²) in [5, 5.41) is 13.6. The molecule has 2 aromatic heterocycles. The van der Waals surface area contributed by atoms with Gasteiger partial charge in [0.15, 0.2) is 11.0 Å². The molecule has 0 N–H and O–H groups in total. The third kappa shape index (κ3) is 4.86. The fourth-order valence-electron chi connectivity index (χ4n) is 2.89. The Labute approximate surface area is 164 Å². The van der Waals surface area contributed by atoms with E-state index >= 15 is 0 Å². The highest BCUT2D eigenvalue weighted by atomic mass is 32.2. The number of carbonyl (C=O) groups is 1. The summed E-state index contributed by atoms with van der Waals surface area (Å²) in [6.45, 7) is 5.06. The van der Waals surface area contributed by atoms with Gasteiger partial charge in [-0.25, -0.2) is 0 Å². The zero-order valence-corrected chi connectivity index (χ0v) is 16.9. The lowest BCUT2D eigenvalue weighted by atomic mass is 10.1. The molecular weight excluding hydrogens is 358 g/mol. The number of aromatic nitrogens is 5. The summed E-state index contributed by atoms with van der Waals surface area (Å²) in [5.41, 5.74) is 3.28. The molecule has 0 radical (unpaired) electrons. The van der Waals surface area contributed by atoms with E-state index in [-0.39, 0.29) is 5.78 Å². The topological polar surface area (TPSA) is 65.6 Å². The molecule has 0 spiro atoms. The van der Waals surface area contributed by atoms with Crippen LogP contribution in [0.4, 0.5) is 0 Å². The first-order valence-corrected chi connectivity index (χ1v) is 10.2. The first-order valence-electron chi connectivity index (χ1n) is 9.25. The molecule has 0 saturated heterocycles. The largest absolute Gasteiger partial charge is 0.302 e. The summed E-state index contributed by atoms with van der Waals surface area (Å²) in [7, 11) is 1.88. The van der Waals surface area contributed by atoms with Gasteiger partial charge in [0.2, 0.25) is 0 Å². The highest BCUT2D eigenvalue weighted by Crippen LogP contribution is 2.24. The van der Waals surface area contributed by atoms with Gasteiger partial charge < -0.3 is 4.57 Å². The second-order valence-corrected chi connectivity index (χ2v) is 7.48. The van der Waals surface area contributed by atoms with E-state index in [9.17, 15) is 4.79 Å². The van der Waals surface area contributed by atoms with Crippen LogP contribution in [-0.2, 0) is 31.2 Å². The Bertz CT molecular complexity index is 897. The minimum atomic E-state index is 0.193. The molecule has 0 bridgehead atoms. The van der Waals surface area contributed by atoms with Crippen LogP contribution in [0.3, 0.4) is 0 Å². The lowest BCUT2D eigenvalue weighted by molar-refractivity contribution is -0.116. The van der Waals surface area contributed by atoms with Crippen LogP contribution in [0, 0.1) is 0 Å². The van der Waals surface area contributed by atoms with Crippen LogP contribution in [0.1, 0.15) is 31.4 Å². The predicted octanol–water partition coefficient (Wildman–Crippen LogP) is 3.55. The number of thioether (sulfide) groups is 1. The van der Waals surface area contributed by atoms with Crippen molar-refractivity contribution in [2.24, 2.45) is 7.05 Å². The first kappa shape index (κ1) is 19.4. The van der Waals surface area contributed by atoms with Gasteiger partial charge in [-0.3, -0.25) is 9.48 Å². The highest BCUT2D eigenvalue weighted by molar-refractivity contribution is 7.99. The van der Waals surface area contributed by atoms with E-state index < -0.39 is 0 Å². The molecule has 27 heavy (non-hydrogen) atoms. The summed E-state index contributed by atoms with van der Waals surface area (Å²) in [6, 6.07) is 8.27. The third-order valence-corrected chi connectivity index (χ3v) is 5.35. The van der Waals surface area contributed by atoms with Crippen molar-refractivity contribution >= 4 is 17.5 Å². The van der Waals surface area contributed by atoms with E-state index in [0.29, 0.717) is 12.2 Å². The van der Waals surface area contributed by atoms with Gasteiger partial charge in [-0.1, -0.05) is 49.9 Å². The van der Waals surface area contributed by atoms with Gasteiger partial charge >= 0.3 is 0 Å². The maximum Gasteiger partial charge on any atom is 0.191 e. The van der Waals surface area contributed by atoms with E-state index in [1.807, 2.05) is 25.4 Å². The van der Waals surface area contributed by atoms with Crippen molar-refractivity contribution in [3.8, 4) is 11.4 Å². The molecule has 6 nitrogen and oxygen atoms in total. The van der Waals surface area contributed by atoms with Crippen LogP contribution in [0.5, 0.6) is 0 Å². The van der Waals surface area contributed by atoms with Crippen molar-refractivity contribution in [1.29, 1.82) is 0 Å². The number of benzene rings is 1. The molecule has 3 aromatic rings. The standard InChI is InChI=1S/C20H25N5OS/c1-4-10-25-19(17-12-21-24(3)13-17)22-23-20(25)27-14-18(26)11-16-8-6-15(5-2)7-9-16/h6-9,12-13H,4-5,10-11,14H2,1-3H3. The fraction of sp³-hybridized carbons (Fsp3) is 0.400. The second kappa shape index (κ2) is 8.99. The van der Waals surface area contributed by atoms with Crippen LogP contribution < -0.4 is 0 Å². The maximum atomic E-state index is 12.4. The number of hydrogen-bond donors (Lipinski definition) is 0. The number of ketones is 1. The maximum absolute atomic E-state index is 12.4. The Morgan fingerprint density at radius 1 is 1.11 bits per heavy atom. The summed E-state index contributed by atoms with van der Waals surface area (Å²) < 4.78 is 3.82. The van der Waals surface area contributed by atoms with Crippen LogP contribution in [0.2, 0.25) is 0 Å². The highest BCUT2D eigenvalue weighted by Gasteiger charge is 2.16.